The standard InChI is InChI=1S/C12H15ClFNS/c1-7-5-16-6-9-8(12(7)15-2)3-4-10(14)11(9)13/h3-4,7,12,15H,5-6H2,1-2H3. The third-order valence-electron chi connectivity index (χ3n) is 3.07. The molecule has 0 saturated heterocycles. The number of nitrogens with one attached hydrogen (secondary N) is 1. The summed E-state index contributed by atoms with van der Waals surface area (Å²) in [5, 5.41) is 3.59. The first-order chi connectivity index (χ1) is 7.65. The molecular weight excluding hydrogens is 245 g/mol. The molecule has 0 bridgehead atoms. The Hall–Kier alpha value is -0.250. The Bertz CT molecular complexity index is 397. The Morgan fingerprint density at radius 2 is 2.25 bits per heavy atom. The Morgan fingerprint density at radius 3 is 2.94 bits per heavy atom. The van der Waals surface area contributed by atoms with Gasteiger partial charge in [-0.25, -0.2) is 4.39 Å². The molecule has 2 unspecified atom stereocenters. The lowest BCUT2D eigenvalue weighted by atomic mass is 9.93. The van der Waals surface area contributed by atoms with E-state index in [0.717, 1.165) is 22.6 Å². The predicted octanol–water partition coefficient (Wildman–Crippen LogP) is 3.62. The molecule has 1 aliphatic heterocycles. The van der Waals surface area contributed by atoms with E-state index in [1.807, 2.05) is 24.9 Å². The van der Waals surface area contributed by atoms with Crippen molar-refractivity contribution in [2.75, 3.05) is 12.8 Å². The molecule has 0 radical (unpaired) electrons. The molecule has 1 heterocycles. The second-order valence-electron chi connectivity index (χ2n) is 4.19. The second kappa shape index (κ2) is 4.94. The van der Waals surface area contributed by atoms with Crippen LogP contribution in [0.15, 0.2) is 12.1 Å². The molecule has 0 amide bonds. The molecule has 0 fully saturated rings. The van der Waals surface area contributed by atoms with Crippen molar-refractivity contribution in [3.63, 3.8) is 0 Å². The van der Waals surface area contributed by atoms with Crippen molar-refractivity contribution in [3.8, 4) is 0 Å². The van der Waals surface area contributed by atoms with E-state index >= 15 is 0 Å². The monoisotopic (exact) mass is 259 g/mol. The van der Waals surface area contributed by atoms with Gasteiger partial charge in [0.05, 0.1) is 5.02 Å². The topological polar surface area (TPSA) is 12.0 Å². The van der Waals surface area contributed by atoms with Crippen molar-refractivity contribution in [3.05, 3.63) is 34.1 Å². The second-order valence-corrected chi connectivity index (χ2v) is 5.60. The average molecular weight is 260 g/mol. The van der Waals surface area contributed by atoms with Gasteiger partial charge < -0.3 is 5.32 Å². The van der Waals surface area contributed by atoms with Crippen LogP contribution in [0.4, 0.5) is 4.39 Å². The summed E-state index contributed by atoms with van der Waals surface area (Å²) in [4.78, 5) is 0. The molecule has 0 saturated carbocycles. The van der Waals surface area contributed by atoms with Gasteiger partial charge in [0, 0.05) is 11.8 Å². The van der Waals surface area contributed by atoms with Gasteiger partial charge in [0.2, 0.25) is 0 Å². The maximum Gasteiger partial charge on any atom is 0.142 e. The molecule has 16 heavy (non-hydrogen) atoms. The zero-order chi connectivity index (χ0) is 11.7. The number of thioether (sulfide) groups is 1. The zero-order valence-corrected chi connectivity index (χ0v) is 11.0. The average Bonchev–Trinajstić information content (AvgIpc) is 2.42. The van der Waals surface area contributed by atoms with Crippen molar-refractivity contribution in [2.24, 2.45) is 5.92 Å². The normalized spacial score (nSPS) is 25.0. The largest absolute Gasteiger partial charge is 0.313 e. The highest BCUT2D eigenvalue weighted by atomic mass is 35.5. The SMILES string of the molecule is CNC1c2ccc(F)c(Cl)c2CSCC1C. The summed E-state index contributed by atoms with van der Waals surface area (Å²) in [6.45, 7) is 2.21. The van der Waals surface area contributed by atoms with Crippen LogP contribution in [0, 0.1) is 11.7 Å². The van der Waals surface area contributed by atoms with Crippen LogP contribution in [0.3, 0.4) is 0 Å². The first-order valence-corrected chi connectivity index (χ1v) is 6.90. The lowest BCUT2D eigenvalue weighted by molar-refractivity contribution is 0.449. The maximum absolute atomic E-state index is 13.4. The summed E-state index contributed by atoms with van der Waals surface area (Å²) in [5.74, 6) is 2.08. The van der Waals surface area contributed by atoms with Gasteiger partial charge in [-0.1, -0.05) is 24.6 Å². The van der Waals surface area contributed by atoms with Crippen molar-refractivity contribution in [1.82, 2.24) is 5.32 Å². The number of fused-ring (bicyclic) bond motifs is 1. The Morgan fingerprint density at radius 1 is 1.50 bits per heavy atom. The van der Waals surface area contributed by atoms with E-state index in [9.17, 15) is 4.39 Å². The Labute approximate surface area is 105 Å². The molecule has 4 heteroatoms. The highest BCUT2D eigenvalue weighted by molar-refractivity contribution is 7.98. The van der Waals surface area contributed by atoms with Gasteiger partial charge >= 0.3 is 0 Å². The van der Waals surface area contributed by atoms with E-state index in [4.69, 9.17) is 11.6 Å². The van der Waals surface area contributed by atoms with Gasteiger partial charge in [-0.05, 0) is 35.9 Å². The van der Waals surface area contributed by atoms with Gasteiger partial charge in [0.25, 0.3) is 0 Å². The molecule has 1 nitrogen and oxygen atoms in total. The molecular formula is C12H15ClFNS. The highest BCUT2D eigenvalue weighted by Gasteiger charge is 2.26. The zero-order valence-electron chi connectivity index (χ0n) is 9.39. The molecule has 1 aliphatic rings. The fraction of sp³-hybridized carbons (Fsp3) is 0.500. The van der Waals surface area contributed by atoms with Gasteiger partial charge in [-0.15, -0.1) is 0 Å². The molecule has 1 aromatic rings. The highest BCUT2D eigenvalue weighted by Crippen LogP contribution is 2.38. The van der Waals surface area contributed by atoms with Crippen LogP contribution in [0.25, 0.3) is 0 Å². The quantitative estimate of drug-likeness (QED) is 0.827. The Balaban J connectivity index is 2.52. The maximum atomic E-state index is 13.4. The minimum Gasteiger partial charge on any atom is -0.313 e. The van der Waals surface area contributed by atoms with E-state index in [2.05, 4.69) is 12.2 Å². The third kappa shape index (κ3) is 2.08. The minimum absolute atomic E-state index is 0.267. The van der Waals surface area contributed by atoms with Crippen molar-refractivity contribution >= 4 is 23.4 Å². The lowest BCUT2D eigenvalue weighted by Gasteiger charge is -2.23. The molecule has 0 aliphatic carbocycles. The fourth-order valence-electron chi connectivity index (χ4n) is 2.24. The molecule has 0 aromatic heterocycles. The summed E-state index contributed by atoms with van der Waals surface area (Å²) >= 11 is 7.85. The van der Waals surface area contributed by atoms with Crippen molar-refractivity contribution in [2.45, 2.75) is 18.7 Å². The smallest absolute Gasteiger partial charge is 0.142 e. The summed E-state index contributed by atoms with van der Waals surface area (Å²) < 4.78 is 13.4. The van der Waals surface area contributed by atoms with Crippen LogP contribution in [0.2, 0.25) is 5.02 Å². The fourth-order valence-corrected chi connectivity index (χ4v) is 3.75. The summed E-state index contributed by atoms with van der Waals surface area (Å²) in [6.07, 6.45) is 0. The lowest BCUT2D eigenvalue weighted by Crippen LogP contribution is -2.24. The molecule has 88 valence electrons. The first-order valence-electron chi connectivity index (χ1n) is 5.37. The van der Waals surface area contributed by atoms with Crippen LogP contribution >= 0.6 is 23.4 Å². The van der Waals surface area contributed by atoms with E-state index in [1.54, 1.807) is 0 Å². The summed E-state index contributed by atoms with van der Waals surface area (Å²) in [7, 11) is 1.94. The number of rotatable bonds is 1. The van der Waals surface area contributed by atoms with Crippen LogP contribution < -0.4 is 5.32 Å². The predicted molar refractivity (Wildman–Crippen MR) is 68.5 cm³/mol. The van der Waals surface area contributed by atoms with Crippen LogP contribution in [0.5, 0.6) is 0 Å². The summed E-state index contributed by atoms with van der Waals surface area (Å²) in [5.41, 5.74) is 2.10. The third-order valence-corrected chi connectivity index (χ3v) is 4.74. The summed E-state index contributed by atoms with van der Waals surface area (Å²) in [6, 6.07) is 3.59. The van der Waals surface area contributed by atoms with Crippen LogP contribution in [-0.2, 0) is 5.75 Å². The Kier molecular flexibility index (Phi) is 3.77. The van der Waals surface area contributed by atoms with E-state index < -0.39 is 0 Å². The molecule has 0 spiro atoms. The number of hydrogen-bond acceptors (Lipinski definition) is 2. The van der Waals surface area contributed by atoms with Gasteiger partial charge in [0.15, 0.2) is 0 Å². The van der Waals surface area contributed by atoms with Gasteiger partial charge in [-0.3, -0.25) is 0 Å². The van der Waals surface area contributed by atoms with E-state index in [0.29, 0.717) is 10.9 Å². The van der Waals surface area contributed by atoms with Gasteiger partial charge in [0.1, 0.15) is 5.82 Å². The molecule has 1 aromatic carbocycles. The number of benzene rings is 1. The van der Waals surface area contributed by atoms with Crippen LogP contribution in [-0.4, -0.2) is 12.8 Å². The number of halogens is 2. The van der Waals surface area contributed by atoms with Crippen LogP contribution in [0.1, 0.15) is 24.1 Å². The molecule has 2 rings (SSSR count). The van der Waals surface area contributed by atoms with Gasteiger partial charge in [-0.2, -0.15) is 11.8 Å². The van der Waals surface area contributed by atoms with Crippen molar-refractivity contribution in [1.29, 1.82) is 0 Å². The molecule has 2 atom stereocenters. The van der Waals surface area contributed by atoms with Crippen molar-refractivity contribution < 1.29 is 4.39 Å². The van der Waals surface area contributed by atoms with E-state index in [1.165, 1.54) is 6.07 Å². The van der Waals surface area contributed by atoms with E-state index in [-0.39, 0.29) is 11.9 Å². The number of hydrogen-bond donors (Lipinski definition) is 1. The molecule has 1 N–H and O–H groups in total. The minimum atomic E-state index is -0.314. The first kappa shape index (κ1) is 12.2.